The van der Waals surface area contributed by atoms with Gasteiger partial charge < -0.3 is 4.74 Å². The van der Waals surface area contributed by atoms with Crippen LogP contribution in [-0.2, 0) is 9.59 Å². The van der Waals surface area contributed by atoms with Gasteiger partial charge in [-0.3, -0.25) is 20.4 Å². The molecular weight excluding hydrogens is 315 g/mol. The molecule has 2 amide bonds. The lowest BCUT2D eigenvalue weighted by atomic mass is 10.1. The molecule has 114 valence electrons. The predicted molar refractivity (Wildman–Crippen MR) is 80.2 cm³/mol. The molecule has 21 heavy (non-hydrogen) atoms. The molecular formula is C14H16Cl2N2O3. The molecule has 1 unspecified atom stereocenters. The number of carbonyl (C=O) groups is 2. The summed E-state index contributed by atoms with van der Waals surface area (Å²) in [5.74, 6) is -0.708. The number of carbonyl (C=O) groups excluding carboxylic acids is 2. The van der Waals surface area contributed by atoms with Crippen molar-refractivity contribution in [3.8, 4) is 5.75 Å². The number of alkyl halides is 2. The number of aryl methyl sites for hydroxylation is 2. The minimum Gasteiger partial charge on any atom is -0.483 e. The molecule has 0 aliphatic heterocycles. The number of hydrogen-bond acceptors (Lipinski definition) is 3. The Morgan fingerprint density at radius 3 is 2.62 bits per heavy atom. The lowest BCUT2D eigenvalue weighted by molar-refractivity contribution is -0.130. The van der Waals surface area contributed by atoms with Crippen molar-refractivity contribution in [1.29, 1.82) is 0 Å². The highest BCUT2D eigenvalue weighted by Gasteiger charge is 2.56. The van der Waals surface area contributed by atoms with Crippen molar-refractivity contribution in [3.63, 3.8) is 0 Å². The molecule has 0 bridgehead atoms. The highest BCUT2D eigenvalue weighted by Crippen LogP contribution is 2.53. The molecule has 5 nitrogen and oxygen atoms in total. The van der Waals surface area contributed by atoms with Crippen molar-refractivity contribution in [1.82, 2.24) is 10.9 Å². The zero-order valence-corrected chi connectivity index (χ0v) is 13.2. The summed E-state index contributed by atoms with van der Waals surface area (Å²) in [5, 5.41) is 0. The lowest BCUT2D eigenvalue weighted by Gasteiger charge is -2.11. The first kappa shape index (κ1) is 15.9. The first-order chi connectivity index (χ1) is 9.79. The molecule has 1 saturated carbocycles. The molecule has 1 aromatic rings. The highest BCUT2D eigenvalue weighted by atomic mass is 35.5. The van der Waals surface area contributed by atoms with Gasteiger partial charge in [-0.1, -0.05) is 12.1 Å². The van der Waals surface area contributed by atoms with Crippen LogP contribution in [0.25, 0.3) is 0 Å². The smallest absolute Gasteiger partial charge is 0.276 e. The second-order valence-electron chi connectivity index (χ2n) is 5.11. The summed E-state index contributed by atoms with van der Waals surface area (Å²) in [4.78, 5) is 23.2. The maximum atomic E-state index is 11.6. The van der Waals surface area contributed by atoms with E-state index in [1.165, 1.54) is 0 Å². The van der Waals surface area contributed by atoms with Gasteiger partial charge in [0.25, 0.3) is 5.91 Å². The number of hydrazine groups is 1. The number of hydrogen-bond donors (Lipinski definition) is 2. The fraction of sp³-hybridized carbons (Fsp3) is 0.429. The van der Waals surface area contributed by atoms with Crippen molar-refractivity contribution in [2.24, 2.45) is 5.92 Å². The summed E-state index contributed by atoms with van der Waals surface area (Å²) >= 11 is 11.5. The first-order valence-electron chi connectivity index (χ1n) is 6.46. The Morgan fingerprint density at radius 2 is 2.00 bits per heavy atom. The van der Waals surface area contributed by atoms with Gasteiger partial charge in [0, 0.05) is 0 Å². The molecule has 1 aliphatic rings. The fourth-order valence-corrected chi connectivity index (χ4v) is 2.27. The van der Waals surface area contributed by atoms with E-state index < -0.39 is 22.1 Å². The van der Waals surface area contributed by atoms with Gasteiger partial charge in [-0.2, -0.15) is 0 Å². The van der Waals surface area contributed by atoms with Crippen molar-refractivity contribution in [2.45, 2.75) is 24.6 Å². The maximum Gasteiger partial charge on any atom is 0.276 e. The number of nitrogens with one attached hydrogen (secondary N) is 2. The average molecular weight is 331 g/mol. The molecule has 2 N–H and O–H groups in total. The molecule has 0 spiro atoms. The summed E-state index contributed by atoms with van der Waals surface area (Å²) in [6, 6.07) is 5.72. The Kier molecular flexibility index (Phi) is 4.64. The molecule has 0 radical (unpaired) electrons. The molecule has 0 aromatic heterocycles. The SMILES string of the molecule is Cc1ccc(C)c(OCC(=O)NNC(=O)C2CC2(Cl)Cl)c1. The number of benzene rings is 1. The number of rotatable bonds is 4. The van der Waals surface area contributed by atoms with Crippen molar-refractivity contribution < 1.29 is 14.3 Å². The highest BCUT2D eigenvalue weighted by molar-refractivity contribution is 6.52. The summed E-state index contributed by atoms with van der Waals surface area (Å²) in [7, 11) is 0. The fourth-order valence-electron chi connectivity index (χ4n) is 1.76. The minimum absolute atomic E-state index is 0.192. The molecule has 1 aliphatic carbocycles. The first-order valence-corrected chi connectivity index (χ1v) is 7.22. The Labute approximate surface area is 132 Å². The normalized spacial score (nSPS) is 18.8. The Morgan fingerprint density at radius 1 is 1.33 bits per heavy atom. The monoisotopic (exact) mass is 330 g/mol. The van der Waals surface area contributed by atoms with Gasteiger partial charge in [0.1, 0.15) is 10.1 Å². The number of amides is 2. The lowest BCUT2D eigenvalue weighted by Crippen LogP contribution is -2.45. The van der Waals surface area contributed by atoms with E-state index in [4.69, 9.17) is 27.9 Å². The van der Waals surface area contributed by atoms with Crippen LogP contribution < -0.4 is 15.6 Å². The van der Waals surface area contributed by atoms with E-state index in [0.29, 0.717) is 12.2 Å². The molecule has 7 heteroatoms. The van der Waals surface area contributed by atoms with Gasteiger partial charge in [-0.05, 0) is 37.5 Å². The third kappa shape index (κ3) is 4.25. The van der Waals surface area contributed by atoms with Gasteiger partial charge in [0.2, 0.25) is 5.91 Å². The van der Waals surface area contributed by atoms with Gasteiger partial charge >= 0.3 is 0 Å². The van der Waals surface area contributed by atoms with Crippen LogP contribution in [0, 0.1) is 19.8 Å². The van der Waals surface area contributed by atoms with Crippen LogP contribution in [0.4, 0.5) is 0 Å². The predicted octanol–water partition coefficient (Wildman–Crippen LogP) is 2.02. The van der Waals surface area contributed by atoms with E-state index in [2.05, 4.69) is 10.9 Å². The maximum absolute atomic E-state index is 11.6. The molecule has 2 rings (SSSR count). The van der Waals surface area contributed by atoms with Crippen molar-refractivity contribution >= 4 is 35.0 Å². The molecule has 0 heterocycles. The van der Waals surface area contributed by atoms with E-state index in [-0.39, 0.29) is 6.61 Å². The van der Waals surface area contributed by atoms with Crippen molar-refractivity contribution in [3.05, 3.63) is 29.3 Å². The van der Waals surface area contributed by atoms with E-state index in [1.807, 2.05) is 32.0 Å². The molecule has 1 fully saturated rings. The summed E-state index contributed by atoms with van der Waals surface area (Å²) < 4.78 is 4.40. The van der Waals surface area contributed by atoms with Gasteiger partial charge in [-0.15, -0.1) is 23.2 Å². The Bertz CT molecular complexity index is 575. The zero-order chi connectivity index (χ0) is 15.6. The van der Waals surface area contributed by atoms with Crippen LogP contribution in [0.3, 0.4) is 0 Å². The quantitative estimate of drug-likeness (QED) is 0.655. The summed E-state index contributed by atoms with van der Waals surface area (Å²) in [5.41, 5.74) is 6.52. The third-order valence-corrected chi connectivity index (χ3v) is 4.01. The summed E-state index contributed by atoms with van der Waals surface area (Å²) in [6.07, 6.45) is 0.386. The average Bonchev–Trinajstić information content (AvgIpc) is 3.06. The van der Waals surface area contributed by atoms with Gasteiger partial charge in [0.15, 0.2) is 6.61 Å². The van der Waals surface area contributed by atoms with Crippen LogP contribution in [0.2, 0.25) is 0 Å². The van der Waals surface area contributed by atoms with Crippen molar-refractivity contribution in [2.75, 3.05) is 6.61 Å². The second-order valence-corrected chi connectivity index (χ2v) is 6.66. The Balaban J connectivity index is 1.75. The van der Waals surface area contributed by atoms with E-state index in [0.717, 1.165) is 11.1 Å². The van der Waals surface area contributed by atoms with Gasteiger partial charge in [0.05, 0.1) is 5.92 Å². The van der Waals surface area contributed by atoms with Crippen LogP contribution in [-0.4, -0.2) is 22.8 Å². The third-order valence-electron chi connectivity index (χ3n) is 3.17. The second kappa shape index (κ2) is 6.12. The van der Waals surface area contributed by atoms with E-state index in [1.54, 1.807) is 0 Å². The summed E-state index contributed by atoms with van der Waals surface area (Å²) in [6.45, 7) is 3.64. The topological polar surface area (TPSA) is 67.4 Å². The molecule has 1 atom stereocenters. The molecule has 0 saturated heterocycles. The minimum atomic E-state index is -1.01. The van der Waals surface area contributed by atoms with E-state index >= 15 is 0 Å². The van der Waals surface area contributed by atoms with Gasteiger partial charge in [-0.25, -0.2) is 0 Å². The number of ether oxygens (including phenoxy) is 1. The van der Waals surface area contributed by atoms with E-state index in [9.17, 15) is 9.59 Å². The van der Waals surface area contributed by atoms with Crippen LogP contribution in [0.1, 0.15) is 17.5 Å². The largest absolute Gasteiger partial charge is 0.483 e. The van der Waals surface area contributed by atoms with Crippen LogP contribution in [0.5, 0.6) is 5.75 Å². The molecule has 1 aromatic carbocycles. The van der Waals surface area contributed by atoms with Crippen LogP contribution in [0.15, 0.2) is 18.2 Å². The standard InChI is InChI=1S/C14H16Cl2N2O3/c1-8-3-4-9(2)11(5-8)21-7-12(19)17-18-13(20)10-6-14(10,15)16/h3-5,10H,6-7H2,1-2H3,(H,17,19)(H,18,20). The Hall–Kier alpha value is -1.46. The van der Waals surface area contributed by atoms with Crippen LogP contribution >= 0.6 is 23.2 Å². The zero-order valence-electron chi connectivity index (χ0n) is 11.7. The number of halogens is 2.